The molecule has 0 aliphatic carbocycles. The molecule has 0 saturated carbocycles. The first kappa shape index (κ1) is 10.7. The number of rotatable bonds is 3. The van der Waals surface area contributed by atoms with E-state index < -0.39 is 0 Å². The van der Waals surface area contributed by atoms with Crippen LogP contribution in [0.25, 0.3) is 0 Å². The van der Waals surface area contributed by atoms with Crippen LogP contribution in [0.3, 0.4) is 0 Å². The Morgan fingerprint density at radius 2 is 2.12 bits per heavy atom. The molecule has 0 saturated heterocycles. The minimum absolute atomic E-state index is 0.0635. The molecule has 1 aromatic heterocycles. The lowest BCUT2D eigenvalue weighted by Crippen LogP contribution is -2.05. The highest BCUT2D eigenvalue weighted by molar-refractivity contribution is 7.12. The van der Waals surface area contributed by atoms with Gasteiger partial charge >= 0.3 is 0 Å². The lowest BCUT2D eigenvalue weighted by Gasteiger charge is -2.07. The molecule has 0 bridgehead atoms. The molecule has 1 aromatic carbocycles. The molecule has 0 spiro atoms. The summed E-state index contributed by atoms with van der Waals surface area (Å²) in [7, 11) is 1.53. The van der Waals surface area contributed by atoms with Crippen molar-refractivity contribution < 1.29 is 9.53 Å². The normalized spacial score (nSPS) is 10.1. The summed E-state index contributed by atoms with van der Waals surface area (Å²) >= 11 is 1.40. The second-order valence-electron chi connectivity index (χ2n) is 3.23. The van der Waals surface area contributed by atoms with Crippen molar-refractivity contribution >= 4 is 22.8 Å². The largest absolute Gasteiger partial charge is 0.495 e. The first-order valence-electron chi connectivity index (χ1n) is 4.74. The summed E-state index contributed by atoms with van der Waals surface area (Å²) in [6.45, 7) is 0. The number of para-hydroxylation sites is 1. The fourth-order valence-corrected chi connectivity index (χ4v) is 2.14. The van der Waals surface area contributed by atoms with Crippen LogP contribution in [-0.4, -0.2) is 12.9 Å². The molecule has 82 valence electrons. The van der Waals surface area contributed by atoms with Crippen LogP contribution in [0.1, 0.15) is 15.2 Å². The third-order valence-electron chi connectivity index (χ3n) is 2.28. The average molecular weight is 233 g/mol. The third kappa shape index (κ3) is 1.79. The van der Waals surface area contributed by atoms with Gasteiger partial charge in [0.15, 0.2) is 0 Å². The van der Waals surface area contributed by atoms with E-state index >= 15 is 0 Å². The molecule has 0 atom stereocenters. The van der Waals surface area contributed by atoms with Crippen molar-refractivity contribution in [1.82, 2.24) is 0 Å². The van der Waals surface area contributed by atoms with E-state index in [1.807, 2.05) is 11.4 Å². The van der Waals surface area contributed by atoms with Crippen molar-refractivity contribution in [2.24, 2.45) is 0 Å². The summed E-state index contributed by atoms with van der Waals surface area (Å²) in [5, 5.41) is 1.86. The van der Waals surface area contributed by atoms with Gasteiger partial charge < -0.3 is 10.5 Å². The Kier molecular flexibility index (Phi) is 2.92. The van der Waals surface area contributed by atoms with Crippen LogP contribution >= 0.6 is 11.3 Å². The molecular weight excluding hydrogens is 222 g/mol. The number of carbonyl (C=O) groups is 1. The number of anilines is 1. The van der Waals surface area contributed by atoms with Crippen LogP contribution in [-0.2, 0) is 0 Å². The minimum Gasteiger partial charge on any atom is -0.495 e. The van der Waals surface area contributed by atoms with Crippen molar-refractivity contribution in [3.63, 3.8) is 0 Å². The summed E-state index contributed by atoms with van der Waals surface area (Å²) in [5.41, 5.74) is 6.74. The number of hydrogen-bond acceptors (Lipinski definition) is 4. The molecule has 1 heterocycles. The van der Waals surface area contributed by atoms with E-state index in [0.717, 1.165) is 0 Å². The number of hydrogen-bond donors (Lipinski definition) is 1. The smallest absolute Gasteiger partial charge is 0.205 e. The summed E-state index contributed by atoms with van der Waals surface area (Å²) in [6, 6.07) is 8.83. The van der Waals surface area contributed by atoms with Gasteiger partial charge in [-0.2, -0.15) is 0 Å². The molecule has 0 unspecified atom stereocenters. The van der Waals surface area contributed by atoms with Crippen molar-refractivity contribution in [3.8, 4) is 5.75 Å². The van der Waals surface area contributed by atoms with Gasteiger partial charge in [0, 0.05) is 0 Å². The fraction of sp³-hybridized carbons (Fsp3) is 0.0833. The molecule has 0 aliphatic rings. The molecule has 0 aliphatic heterocycles. The topological polar surface area (TPSA) is 52.3 Å². The van der Waals surface area contributed by atoms with E-state index in [9.17, 15) is 4.79 Å². The summed E-state index contributed by atoms with van der Waals surface area (Å²) in [5.74, 6) is 0.466. The summed E-state index contributed by atoms with van der Waals surface area (Å²) in [6.07, 6.45) is 0. The Labute approximate surface area is 97.5 Å². The van der Waals surface area contributed by atoms with Gasteiger partial charge in [-0.05, 0) is 23.6 Å². The lowest BCUT2D eigenvalue weighted by atomic mass is 10.1. The van der Waals surface area contributed by atoms with Gasteiger partial charge in [-0.1, -0.05) is 12.1 Å². The van der Waals surface area contributed by atoms with E-state index in [2.05, 4.69) is 0 Å². The predicted molar refractivity (Wildman–Crippen MR) is 65.2 cm³/mol. The van der Waals surface area contributed by atoms with Gasteiger partial charge in [0.2, 0.25) is 5.78 Å². The van der Waals surface area contributed by atoms with Gasteiger partial charge in [0.05, 0.1) is 23.2 Å². The van der Waals surface area contributed by atoms with E-state index in [1.54, 1.807) is 24.3 Å². The zero-order valence-electron chi connectivity index (χ0n) is 8.77. The van der Waals surface area contributed by atoms with Crippen LogP contribution < -0.4 is 10.5 Å². The monoisotopic (exact) mass is 233 g/mol. The maximum Gasteiger partial charge on any atom is 0.205 e. The number of methoxy groups -OCH3 is 1. The van der Waals surface area contributed by atoms with E-state index in [0.29, 0.717) is 21.9 Å². The van der Waals surface area contributed by atoms with Crippen LogP contribution in [0.2, 0.25) is 0 Å². The van der Waals surface area contributed by atoms with E-state index in [-0.39, 0.29) is 5.78 Å². The maximum atomic E-state index is 12.1. The van der Waals surface area contributed by atoms with E-state index in [1.165, 1.54) is 18.4 Å². The zero-order chi connectivity index (χ0) is 11.5. The van der Waals surface area contributed by atoms with E-state index in [4.69, 9.17) is 10.5 Å². The molecule has 16 heavy (non-hydrogen) atoms. The molecule has 0 radical (unpaired) electrons. The summed E-state index contributed by atoms with van der Waals surface area (Å²) < 4.78 is 5.08. The molecule has 3 nitrogen and oxygen atoms in total. The number of benzene rings is 1. The molecule has 0 amide bonds. The van der Waals surface area contributed by atoms with Crippen LogP contribution in [0.15, 0.2) is 35.7 Å². The van der Waals surface area contributed by atoms with Gasteiger partial charge in [-0.3, -0.25) is 4.79 Å². The zero-order valence-corrected chi connectivity index (χ0v) is 9.58. The van der Waals surface area contributed by atoms with Crippen molar-refractivity contribution in [1.29, 1.82) is 0 Å². The van der Waals surface area contributed by atoms with Gasteiger partial charge in [0.1, 0.15) is 5.75 Å². The highest BCUT2D eigenvalue weighted by Crippen LogP contribution is 2.27. The van der Waals surface area contributed by atoms with Crippen LogP contribution in [0.5, 0.6) is 5.75 Å². The first-order valence-corrected chi connectivity index (χ1v) is 5.62. The minimum atomic E-state index is -0.0635. The van der Waals surface area contributed by atoms with Gasteiger partial charge in [0.25, 0.3) is 0 Å². The Morgan fingerprint density at radius 3 is 2.75 bits per heavy atom. The Balaban J connectivity index is 2.45. The average Bonchev–Trinajstić information content (AvgIpc) is 2.82. The number of thiophene rings is 1. The Morgan fingerprint density at radius 1 is 1.31 bits per heavy atom. The number of ketones is 1. The SMILES string of the molecule is COc1cccc(C(=O)c2cccs2)c1N. The van der Waals surface area contributed by atoms with Crippen molar-refractivity contribution in [2.45, 2.75) is 0 Å². The molecule has 4 heteroatoms. The quantitative estimate of drug-likeness (QED) is 0.654. The second-order valence-corrected chi connectivity index (χ2v) is 4.18. The molecular formula is C12H11NO2S. The molecule has 2 aromatic rings. The van der Waals surface area contributed by atoms with Gasteiger partial charge in [-0.15, -0.1) is 11.3 Å². The number of nitrogen functional groups attached to an aromatic ring is 1. The number of ether oxygens (including phenoxy) is 1. The highest BCUT2D eigenvalue weighted by Gasteiger charge is 2.15. The number of nitrogens with two attached hydrogens (primary N) is 1. The van der Waals surface area contributed by atoms with Gasteiger partial charge in [-0.25, -0.2) is 0 Å². The first-order chi connectivity index (χ1) is 7.74. The van der Waals surface area contributed by atoms with Crippen molar-refractivity contribution in [2.75, 3.05) is 12.8 Å². The maximum absolute atomic E-state index is 12.1. The Bertz CT molecular complexity index is 506. The highest BCUT2D eigenvalue weighted by atomic mass is 32.1. The fourth-order valence-electron chi connectivity index (χ4n) is 1.46. The molecule has 2 rings (SSSR count). The van der Waals surface area contributed by atoms with Crippen LogP contribution in [0, 0.1) is 0 Å². The Hall–Kier alpha value is -1.81. The summed E-state index contributed by atoms with van der Waals surface area (Å²) in [4.78, 5) is 12.8. The van der Waals surface area contributed by atoms with Crippen LogP contribution in [0.4, 0.5) is 5.69 Å². The second kappa shape index (κ2) is 4.37. The lowest BCUT2D eigenvalue weighted by molar-refractivity contribution is 0.104. The third-order valence-corrected chi connectivity index (χ3v) is 3.14. The molecule has 2 N–H and O–H groups in total. The number of carbonyl (C=O) groups excluding carboxylic acids is 1. The predicted octanol–water partition coefficient (Wildman–Crippen LogP) is 2.57. The standard InChI is InChI=1S/C12H11NO2S/c1-15-9-5-2-4-8(11(9)13)12(14)10-6-3-7-16-10/h2-7H,13H2,1H3. The van der Waals surface area contributed by atoms with Crippen molar-refractivity contribution in [3.05, 3.63) is 46.2 Å². The molecule has 0 fully saturated rings.